The molecule has 2 heterocycles. The molecule has 2 amide bonds. The molecule has 1 aromatic heterocycles. The van der Waals surface area contributed by atoms with Crippen molar-refractivity contribution in [1.82, 2.24) is 4.90 Å². The molecule has 1 saturated heterocycles. The summed E-state index contributed by atoms with van der Waals surface area (Å²) in [7, 11) is 0. The summed E-state index contributed by atoms with van der Waals surface area (Å²) in [5, 5.41) is 3.12. The Labute approximate surface area is 157 Å². The Morgan fingerprint density at radius 1 is 1.19 bits per heavy atom. The summed E-state index contributed by atoms with van der Waals surface area (Å²) in [6.45, 7) is 8.99. The van der Waals surface area contributed by atoms with E-state index in [-0.39, 0.29) is 24.8 Å². The molecular formula is C18H26N2O5S. The maximum absolute atomic E-state index is 12.6. The number of piperidine rings is 1. The average Bonchev–Trinajstić information content (AvgIpc) is 2.91. The van der Waals surface area contributed by atoms with Crippen LogP contribution in [0.25, 0.3) is 0 Å². The third-order valence-electron chi connectivity index (χ3n) is 4.25. The highest BCUT2D eigenvalue weighted by atomic mass is 32.1. The quantitative estimate of drug-likeness (QED) is 0.785. The largest absolute Gasteiger partial charge is 0.462 e. The monoisotopic (exact) mass is 382 g/mol. The van der Waals surface area contributed by atoms with Crippen molar-refractivity contribution in [2.45, 2.75) is 40.5 Å². The van der Waals surface area contributed by atoms with Crippen LogP contribution in [0.15, 0.2) is 0 Å². The van der Waals surface area contributed by atoms with Crippen molar-refractivity contribution < 1.29 is 23.9 Å². The molecule has 1 aromatic rings. The zero-order chi connectivity index (χ0) is 19.3. The molecule has 1 aliphatic heterocycles. The molecule has 1 unspecified atom stereocenters. The molecule has 1 aliphatic rings. The van der Waals surface area contributed by atoms with E-state index in [4.69, 9.17) is 9.47 Å². The van der Waals surface area contributed by atoms with E-state index >= 15 is 0 Å². The highest BCUT2D eigenvalue weighted by Crippen LogP contribution is 2.34. The van der Waals surface area contributed by atoms with Crippen molar-refractivity contribution in [3.8, 4) is 0 Å². The van der Waals surface area contributed by atoms with Crippen molar-refractivity contribution in [3.05, 3.63) is 16.0 Å². The number of nitrogens with one attached hydrogen (secondary N) is 1. The predicted octanol–water partition coefficient (Wildman–Crippen LogP) is 3.67. The van der Waals surface area contributed by atoms with E-state index in [1.54, 1.807) is 25.7 Å². The zero-order valence-corrected chi connectivity index (χ0v) is 16.5. The second-order valence-corrected chi connectivity index (χ2v) is 7.35. The highest BCUT2D eigenvalue weighted by molar-refractivity contribution is 7.18. The molecular weight excluding hydrogens is 356 g/mol. The molecule has 1 N–H and O–H groups in total. The van der Waals surface area contributed by atoms with Gasteiger partial charge in [0.1, 0.15) is 9.88 Å². The third-order valence-corrected chi connectivity index (χ3v) is 5.44. The van der Waals surface area contributed by atoms with Crippen LogP contribution in [-0.4, -0.2) is 49.2 Å². The SMILES string of the molecule is CCOC(=O)c1sc(NC(=O)N2CCCC(C)C2)c(C(=O)OCC)c1C. The number of urea groups is 1. The second kappa shape index (κ2) is 9.02. The van der Waals surface area contributed by atoms with Gasteiger partial charge in [0.05, 0.1) is 18.8 Å². The third kappa shape index (κ3) is 4.55. The first-order valence-corrected chi connectivity index (χ1v) is 9.74. The molecule has 1 fully saturated rings. The number of hydrogen-bond donors (Lipinski definition) is 1. The first-order chi connectivity index (χ1) is 12.4. The number of ether oxygens (including phenoxy) is 2. The number of carbonyl (C=O) groups is 3. The van der Waals surface area contributed by atoms with Crippen molar-refractivity contribution in [1.29, 1.82) is 0 Å². The maximum atomic E-state index is 12.6. The number of hydrogen-bond acceptors (Lipinski definition) is 6. The van der Waals surface area contributed by atoms with Crippen LogP contribution in [0, 0.1) is 12.8 Å². The first kappa shape index (κ1) is 20.2. The van der Waals surface area contributed by atoms with Gasteiger partial charge in [0.15, 0.2) is 0 Å². The summed E-state index contributed by atoms with van der Waals surface area (Å²) in [4.78, 5) is 39.2. The predicted molar refractivity (Wildman–Crippen MR) is 100.0 cm³/mol. The van der Waals surface area contributed by atoms with Gasteiger partial charge in [-0.05, 0) is 45.1 Å². The summed E-state index contributed by atoms with van der Waals surface area (Å²) < 4.78 is 10.1. The molecule has 0 aromatic carbocycles. The molecule has 0 saturated carbocycles. The van der Waals surface area contributed by atoms with Crippen LogP contribution >= 0.6 is 11.3 Å². The number of nitrogens with zero attached hydrogens (tertiary/aromatic N) is 1. The zero-order valence-electron chi connectivity index (χ0n) is 15.7. The van der Waals surface area contributed by atoms with Gasteiger partial charge < -0.3 is 14.4 Å². The van der Waals surface area contributed by atoms with Gasteiger partial charge in [-0.15, -0.1) is 11.3 Å². The number of carbonyl (C=O) groups excluding carboxylic acids is 3. The summed E-state index contributed by atoms with van der Waals surface area (Å²) in [6.07, 6.45) is 2.06. The van der Waals surface area contributed by atoms with Gasteiger partial charge in [-0.2, -0.15) is 0 Å². The molecule has 2 rings (SSSR count). The number of rotatable bonds is 5. The van der Waals surface area contributed by atoms with Gasteiger partial charge in [-0.1, -0.05) is 6.92 Å². The van der Waals surface area contributed by atoms with E-state index in [0.717, 1.165) is 24.2 Å². The van der Waals surface area contributed by atoms with E-state index in [2.05, 4.69) is 12.2 Å². The van der Waals surface area contributed by atoms with Gasteiger partial charge in [-0.25, -0.2) is 14.4 Å². The molecule has 8 heteroatoms. The van der Waals surface area contributed by atoms with Crippen LogP contribution in [0.5, 0.6) is 0 Å². The Balaban J connectivity index is 2.29. The Morgan fingerprint density at radius 2 is 1.85 bits per heavy atom. The number of thiophene rings is 1. The van der Waals surface area contributed by atoms with Crippen LogP contribution in [0.4, 0.5) is 9.80 Å². The highest BCUT2D eigenvalue weighted by Gasteiger charge is 2.29. The van der Waals surface area contributed by atoms with Crippen molar-refractivity contribution >= 4 is 34.3 Å². The van der Waals surface area contributed by atoms with Crippen molar-refractivity contribution in [2.75, 3.05) is 31.6 Å². The van der Waals surface area contributed by atoms with E-state index < -0.39 is 11.9 Å². The van der Waals surface area contributed by atoms with Gasteiger partial charge in [0.25, 0.3) is 0 Å². The molecule has 0 spiro atoms. The lowest BCUT2D eigenvalue weighted by Gasteiger charge is -2.30. The fraction of sp³-hybridized carbons (Fsp3) is 0.611. The lowest BCUT2D eigenvalue weighted by atomic mass is 10.0. The van der Waals surface area contributed by atoms with Gasteiger partial charge in [0.2, 0.25) is 0 Å². The normalized spacial score (nSPS) is 16.9. The van der Waals surface area contributed by atoms with Gasteiger partial charge in [-0.3, -0.25) is 5.32 Å². The summed E-state index contributed by atoms with van der Waals surface area (Å²) in [5.74, 6) is -0.619. The van der Waals surface area contributed by atoms with E-state index in [1.807, 2.05) is 0 Å². The fourth-order valence-electron chi connectivity index (χ4n) is 2.99. The number of esters is 2. The standard InChI is InChI=1S/C18H26N2O5S/c1-5-24-16(21)13-12(4)14(17(22)25-6-2)26-15(13)19-18(23)20-9-7-8-11(3)10-20/h11H,5-10H2,1-4H3,(H,19,23). The molecule has 144 valence electrons. The van der Waals surface area contributed by atoms with Gasteiger partial charge >= 0.3 is 18.0 Å². The minimum absolute atomic E-state index is 0.208. The summed E-state index contributed by atoms with van der Waals surface area (Å²) in [5.41, 5.74) is 0.688. The molecule has 7 nitrogen and oxygen atoms in total. The van der Waals surface area contributed by atoms with Crippen LogP contribution in [0.3, 0.4) is 0 Å². The lowest BCUT2D eigenvalue weighted by molar-refractivity contribution is 0.0527. The minimum atomic E-state index is -0.556. The summed E-state index contributed by atoms with van der Waals surface area (Å²) in [6, 6.07) is -0.265. The topological polar surface area (TPSA) is 84.9 Å². The smallest absolute Gasteiger partial charge is 0.348 e. The molecule has 0 aliphatic carbocycles. The molecule has 0 bridgehead atoms. The number of likely N-dealkylation sites (tertiary alicyclic amines) is 1. The van der Waals surface area contributed by atoms with Crippen LogP contribution in [0.1, 0.15) is 59.2 Å². The average molecular weight is 382 g/mol. The molecule has 1 atom stereocenters. The first-order valence-electron chi connectivity index (χ1n) is 8.92. The van der Waals surface area contributed by atoms with Crippen molar-refractivity contribution in [2.24, 2.45) is 5.92 Å². The Bertz CT molecular complexity index is 685. The Kier molecular flexibility index (Phi) is 7.02. The number of amides is 2. The van der Waals surface area contributed by atoms with E-state index in [1.165, 1.54) is 0 Å². The minimum Gasteiger partial charge on any atom is -0.462 e. The van der Waals surface area contributed by atoms with E-state index in [0.29, 0.717) is 34.4 Å². The lowest BCUT2D eigenvalue weighted by Crippen LogP contribution is -2.41. The Hall–Kier alpha value is -2.09. The van der Waals surface area contributed by atoms with Gasteiger partial charge in [0, 0.05) is 13.1 Å². The van der Waals surface area contributed by atoms with E-state index in [9.17, 15) is 14.4 Å². The fourth-order valence-corrected chi connectivity index (χ4v) is 4.07. The molecule has 0 radical (unpaired) electrons. The summed E-state index contributed by atoms with van der Waals surface area (Å²) >= 11 is 1.05. The van der Waals surface area contributed by atoms with Crippen molar-refractivity contribution in [3.63, 3.8) is 0 Å². The van der Waals surface area contributed by atoms with Crippen LogP contribution in [0.2, 0.25) is 0 Å². The van der Waals surface area contributed by atoms with Crippen LogP contribution < -0.4 is 5.32 Å². The van der Waals surface area contributed by atoms with Crippen LogP contribution in [-0.2, 0) is 9.47 Å². The number of anilines is 1. The second-order valence-electron chi connectivity index (χ2n) is 6.32. The Morgan fingerprint density at radius 3 is 2.46 bits per heavy atom. The molecule has 26 heavy (non-hydrogen) atoms. The maximum Gasteiger partial charge on any atom is 0.348 e.